The highest BCUT2D eigenvalue weighted by atomic mass is 15.3. The van der Waals surface area contributed by atoms with Gasteiger partial charge in [-0.1, -0.05) is 45.0 Å². The SMILES string of the molecule is CCc1nncn1CCNC(=NC)NCc1cccc(CN(CC)CC)c1. The summed E-state index contributed by atoms with van der Waals surface area (Å²) in [5, 5.41) is 14.8. The molecule has 27 heavy (non-hydrogen) atoms. The van der Waals surface area contributed by atoms with Crippen LogP contribution in [0.15, 0.2) is 35.6 Å². The van der Waals surface area contributed by atoms with E-state index in [1.54, 1.807) is 13.4 Å². The van der Waals surface area contributed by atoms with E-state index in [4.69, 9.17) is 0 Å². The molecule has 0 radical (unpaired) electrons. The Morgan fingerprint density at radius 3 is 2.63 bits per heavy atom. The summed E-state index contributed by atoms with van der Waals surface area (Å²) in [5.74, 6) is 1.81. The summed E-state index contributed by atoms with van der Waals surface area (Å²) >= 11 is 0. The van der Waals surface area contributed by atoms with Gasteiger partial charge in [0.1, 0.15) is 12.2 Å². The molecule has 1 aromatic carbocycles. The van der Waals surface area contributed by atoms with Gasteiger partial charge in [-0.25, -0.2) is 0 Å². The zero-order valence-corrected chi connectivity index (χ0v) is 17.1. The van der Waals surface area contributed by atoms with Gasteiger partial charge in [0.25, 0.3) is 0 Å². The average Bonchev–Trinajstić information content (AvgIpc) is 3.16. The summed E-state index contributed by atoms with van der Waals surface area (Å²) in [4.78, 5) is 6.73. The van der Waals surface area contributed by atoms with Crippen molar-refractivity contribution in [2.24, 2.45) is 4.99 Å². The summed E-state index contributed by atoms with van der Waals surface area (Å²) in [6.45, 7) is 12.0. The lowest BCUT2D eigenvalue weighted by molar-refractivity contribution is 0.296. The smallest absolute Gasteiger partial charge is 0.191 e. The zero-order chi connectivity index (χ0) is 19.5. The maximum atomic E-state index is 4.31. The van der Waals surface area contributed by atoms with Crippen LogP contribution in [0.2, 0.25) is 0 Å². The molecule has 1 aromatic heterocycles. The van der Waals surface area contributed by atoms with Crippen LogP contribution < -0.4 is 10.6 Å². The quantitative estimate of drug-likeness (QED) is 0.494. The second-order valence-electron chi connectivity index (χ2n) is 6.43. The van der Waals surface area contributed by atoms with E-state index < -0.39 is 0 Å². The molecule has 7 heteroatoms. The Labute approximate surface area is 162 Å². The van der Waals surface area contributed by atoms with Crippen LogP contribution in [0.25, 0.3) is 0 Å². The molecule has 0 saturated heterocycles. The molecular formula is C20H33N7. The van der Waals surface area contributed by atoms with Crippen LogP contribution in [0.5, 0.6) is 0 Å². The maximum absolute atomic E-state index is 4.31. The van der Waals surface area contributed by atoms with Gasteiger partial charge in [0.05, 0.1) is 0 Å². The number of guanidine groups is 1. The number of nitrogens with zero attached hydrogens (tertiary/aromatic N) is 5. The van der Waals surface area contributed by atoms with Crippen molar-refractivity contribution in [2.45, 2.75) is 46.8 Å². The summed E-state index contributed by atoms with van der Waals surface area (Å²) in [5.41, 5.74) is 2.61. The van der Waals surface area contributed by atoms with E-state index in [-0.39, 0.29) is 0 Å². The van der Waals surface area contributed by atoms with Crippen molar-refractivity contribution in [1.82, 2.24) is 30.3 Å². The third-order valence-corrected chi connectivity index (χ3v) is 4.63. The number of aliphatic imine (C=N–C) groups is 1. The molecule has 1 heterocycles. The lowest BCUT2D eigenvalue weighted by atomic mass is 10.1. The van der Waals surface area contributed by atoms with Crippen molar-refractivity contribution in [3.05, 3.63) is 47.5 Å². The molecule has 0 unspecified atom stereocenters. The van der Waals surface area contributed by atoms with Gasteiger partial charge in [-0.15, -0.1) is 10.2 Å². The van der Waals surface area contributed by atoms with Gasteiger partial charge in [0, 0.05) is 39.6 Å². The Hall–Kier alpha value is -2.41. The highest BCUT2D eigenvalue weighted by Crippen LogP contribution is 2.08. The predicted octanol–water partition coefficient (Wildman–Crippen LogP) is 2.05. The number of aryl methyl sites for hydroxylation is 1. The van der Waals surface area contributed by atoms with Gasteiger partial charge in [-0.05, 0) is 24.2 Å². The van der Waals surface area contributed by atoms with Gasteiger partial charge in [-0.2, -0.15) is 0 Å². The van der Waals surface area contributed by atoms with E-state index in [0.717, 1.165) is 57.5 Å². The standard InChI is InChI=1S/C20H33N7/c1-5-19-25-24-16-27(19)12-11-22-20(21-4)23-14-17-9-8-10-18(13-17)15-26(6-2)7-3/h8-10,13,16H,5-7,11-12,14-15H2,1-4H3,(H2,21,22,23). The second-order valence-corrected chi connectivity index (χ2v) is 6.43. The molecule has 2 aromatic rings. The lowest BCUT2D eigenvalue weighted by Crippen LogP contribution is -2.38. The number of hydrogen-bond donors (Lipinski definition) is 2. The van der Waals surface area contributed by atoms with Gasteiger partial charge < -0.3 is 15.2 Å². The summed E-state index contributed by atoms with van der Waals surface area (Å²) in [6.07, 6.45) is 2.66. The average molecular weight is 372 g/mol. The Morgan fingerprint density at radius 1 is 1.15 bits per heavy atom. The number of rotatable bonds is 10. The number of nitrogens with one attached hydrogen (secondary N) is 2. The summed E-state index contributed by atoms with van der Waals surface area (Å²) in [7, 11) is 1.79. The van der Waals surface area contributed by atoms with Crippen molar-refractivity contribution in [3.63, 3.8) is 0 Å². The van der Waals surface area contributed by atoms with Crippen LogP contribution in [-0.4, -0.2) is 52.3 Å². The predicted molar refractivity (Wildman–Crippen MR) is 111 cm³/mol. The fourth-order valence-corrected chi connectivity index (χ4v) is 2.98. The van der Waals surface area contributed by atoms with E-state index in [1.165, 1.54) is 11.1 Å². The molecule has 0 atom stereocenters. The first-order chi connectivity index (χ1) is 13.2. The first kappa shape index (κ1) is 20.9. The molecular weight excluding hydrogens is 338 g/mol. The van der Waals surface area contributed by atoms with Crippen molar-refractivity contribution >= 4 is 5.96 Å². The molecule has 0 bridgehead atoms. The van der Waals surface area contributed by atoms with Crippen LogP contribution in [0.4, 0.5) is 0 Å². The Bertz CT molecular complexity index is 704. The molecule has 0 aliphatic rings. The zero-order valence-electron chi connectivity index (χ0n) is 17.1. The second kappa shape index (κ2) is 11.3. The minimum Gasteiger partial charge on any atom is -0.355 e. The number of benzene rings is 1. The highest BCUT2D eigenvalue weighted by Gasteiger charge is 2.04. The van der Waals surface area contributed by atoms with Crippen LogP contribution in [0.1, 0.15) is 37.7 Å². The van der Waals surface area contributed by atoms with E-state index in [1.807, 2.05) is 0 Å². The highest BCUT2D eigenvalue weighted by molar-refractivity contribution is 5.79. The van der Waals surface area contributed by atoms with Crippen molar-refractivity contribution in [2.75, 3.05) is 26.7 Å². The normalized spacial score (nSPS) is 11.8. The summed E-state index contributed by atoms with van der Waals surface area (Å²) in [6, 6.07) is 8.74. The maximum Gasteiger partial charge on any atom is 0.191 e. The fraction of sp³-hybridized carbons (Fsp3) is 0.550. The van der Waals surface area contributed by atoms with Gasteiger partial charge >= 0.3 is 0 Å². The van der Waals surface area contributed by atoms with Crippen LogP contribution in [-0.2, 0) is 26.1 Å². The third-order valence-electron chi connectivity index (χ3n) is 4.63. The number of aromatic nitrogens is 3. The van der Waals surface area contributed by atoms with Crippen molar-refractivity contribution in [1.29, 1.82) is 0 Å². The molecule has 0 amide bonds. The van der Waals surface area contributed by atoms with Gasteiger partial charge in [-0.3, -0.25) is 9.89 Å². The molecule has 0 fully saturated rings. The first-order valence-electron chi connectivity index (χ1n) is 9.81. The van der Waals surface area contributed by atoms with Gasteiger partial charge in [0.15, 0.2) is 5.96 Å². The Balaban J connectivity index is 1.81. The van der Waals surface area contributed by atoms with E-state index >= 15 is 0 Å². The molecule has 0 spiro atoms. The Kier molecular flexibility index (Phi) is 8.77. The Morgan fingerprint density at radius 2 is 1.93 bits per heavy atom. The lowest BCUT2D eigenvalue weighted by Gasteiger charge is -2.18. The van der Waals surface area contributed by atoms with Crippen molar-refractivity contribution < 1.29 is 0 Å². The third kappa shape index (κ3) is 6.67. The van der Waals surface area contributed by atoms with Crippen LogP contribution >= 0.6 is 0 Å². The summed E-state index contributed by atoms with van der Waals surface area (Å²) < 4.78 is 2.07. The molecule has 0 aliphatic heterocycles. The molecule has 0 aliphatic carbocycles. The molecule has 148 valence electrons. The molecule has 7 nitrogen and oxygen atoms in total. The molecule has 2 N–H and O–H groups in total. The van der Waals surface area contributed by atoms with E-state index in [9.17, 15) is 0 Å². The first-order valence-corrected chi connectivity index (χ1v) is 9.81. The van der Waals surface area contributed by atoms with E-state index in [0.29, 0.717) is 0 Å². The number of hydrogen-bond acceptors (Lipinski definition) is 4. The fourth-order valence-electron chi connectivity index (χ4n) is 2.98. The van der Waals surface area contributed by atoms with Gasteiger partial charge in [0.2, 0.25) is 0 Å². The topological polar surface area (TPSA) is 70.4 Å². The van der Waals surface area contributed by atoms with Crippen LogP contribution in [0.3, 0.4) is 0 Å². The van der Waals surface area contributed by atoms with Crippen molar-refractivity contribution in [3.8, 4) is 0 Å². The van der Waals surface area contributed by atoms with Crippen LogP contribution in [0, 0.1) is 0 Å². The monoisotopic (exact) mass is 371 g/mol. The largest absolute Gasteiger partial charge is 0.355 e. The molecule has 0 saturated carbocycles. The molecule has 2 rings (SSSR count). The minimum atomic E-state index is 0.749. The van der Waals surface area contributed by atoms with E-state index in [2.05, 4.69) is 80.3 Å². The minimum absolute atomic E-state index is 0.749.